The van der Waals surface area contributed by atoms with Crippen molar-refractivity contribution in [3.63, 3.8) is 0 Å². The molecule has 5 heteroatoms. The Morgan fingerprint density at radius 3 is 2.67 bits per heavy atom. The van der Waals surface area contributed by atoms with Crippen LogP contribution in [0, 0.1) is 0 Å². The van der Waals surface area contributed by atoms with Crippen LogP contribution in [0.3, 0.4) is 0 Å². The first-order chi connectivity index (χ1) is 8.56. The van der Waals surface area contributed by atoms with Crippen LogP contribution in [-0.2, 0) is 0 Å². The van der Waals surface area contributed by atoms with Gasteiger partial charge in [0, 0.05) is 31.6 Å². The molecule has 1 aromatic rings. The van der Waals surface area contributed by atoms with Gasteiger partial charge in [-0.3, -0.25) is 0 Å². The number of hydrogen-bond acceptors (Lipinski definition) is 3. The highest BCUT2D eigenvalue weighted by Gasteiger charge is 2.34. The van der Waals surface area contributed by atoms with Crippen molar-refractivity contribution < 1.29 is 14.3 Å². The van der Waals surface area contributed by atoms with Crippen LogP contribution in [0.25, 0.3) is 0 Å². The van der Waals surface area contributed by atoms with E-state index < -0.39 is 5.79 Å². The van der Waals surface area contributed by atoms with Gasteiger partial charge in [0.25, 0.3) is 0 Å². The molecule has 1 unspecified atom stereocenters. The number of nitrogens with one attached hydrogen (secondary N) is 2. The van der Waals surface area contributed by atoms with Crippen LogP contribution in [-0.4, -0.2) is 18.4 Å². The highest BCUT2D eigenvalue weighted by molar-refractivity contribution is 5.89. The average Bonchev–Trinajstić information content (AvgIpc) is 2.66. The molecule has 0 saturated heterocycles. The van der Waals surface area contributed by atoms with E-state index in [1.807, 2.05) is 20.8 Å². The third-order valence-electron chi connectivity index (χ3n) is 2.83. The minimum Gasteiger partial charge on any atom is -0.449 e. The standard InChI is InChI=1S/C13H18N2O3/c1-4-13(3)17-10-7-6-9(8-11(10)18-13)15-12(16)14-5-2/h6-8H,4-5H2,1-3H3,(H2,14,15,16). The molecule has 1 aliphatic heterocycles. The Hall–Kier alpha value is -1.91. The van der Waals surface area contributed by atoms with Gasteiger partial charge in [0.1, 0.15) is 0 Å². The maximum Gasteiger partial charge on any atom is 0.319 e. The van der Waals surface area contributed by atoms with Crippen LogP contribution < -0.4 is 20.1 Å². The van der Waals surface area contributed by atoms with Crippen molar-refractivity contribution in [3.8, 4) is 11.5 Å². The lowest BCUT2D eigenvalue weighted by Crippen LogP contribution is -2.33. The van der Waals surface area contributed by atoms with Gasteiger partial charge in [0.2, 0.25) is 5.79 Å². The van der Waals surface area contributed by atoms with Gasteiger partial charge in [0.05, 0.1) is 0 Å². The zero-order valence-electron chi connectivity index (χ0n) is 10.9. The van der Waals surface area contributed by atoms with Crippen LogP contribution in [0.5, 0.6) is 11.5 Å². The van der Waals surface area contributed by atoms with Gasteiger partial charge >= 0.3 is 6.03 Å². The summed E-state index contributed by atoms with van der Waals surface area (Å²) in [6, 6.07) is 5.14. The summed E-state index contributed by atoms with van der Waals surface area (Å²) in [7, 11) is 0. The molecule has 1 heterocycles. The molecule has 0 bridgehead atoms. The molecule has 2 rings (SSSR count). The number of carbonyl (C=O) groups is 1. The summed E-state index contributed by atoms with van der Waals surface area (Å²) in [4.78, 5) is 11.4. The Kier molecular flexibility index (Phi) is 3.32. The van der Waals surface area contributed by atoms with E-state index >= 15 is 0 Å². The Morgan fingerprint density at radius 2 is 2.00 bits per heavy atom. The third kappa shape index (κ3) is 2.50. The van der Waals surface area contributed by atoms with E-state index in [4.69, 9.17) is 9.47 Å². The number of carbonyl (C=O) groups excluding carboxylic acids is 1. The van der Waals surface area contributed by atoms with Crippen LogP contribution in [0.1, 0.15) is 27.2 Å². The van der Waals surface area contributed by atoms with Crippen molar-refractivity contribution in [2.24, 2.45) is 0 Å². The number of anilines is 1. The van der Waals surface area contributed by atoms with Crippen LogP contribution in [0.4, 0.5) is 10.5 Å². The Balaban J connectivity index is 2.11. The number of urea groups is 1. The fourth-order valence-corrected chi connectivity index (χ4v) is 1.72. The number of amides is 2. The van der Waals surface area contributed by atoms with Crippen LogP contribution in [0.2, 0.25) is 0 Å². The molecule has 0 saturated carbocycles. The molecule has 0 aliphatic carbocycles. The van der Waals surface area contributed by atoms with Crippen molar-refractivity contribution in [2.45, 2.75) is 33.0 Å². The fraction of sp³-hybridized carbons (Fsp3) is 0.462. The first-order valence-electron chi connectivity index (χ1n) is 6.13. The lowest BCUT2D eigenvalue weighted by molar-refractivity contribution is -0.0640. The lowest BCUT2D eigenvalue weighted by atomic mass is 10.2. The summed E-state index contributed by atoms with van der Waals surface area (Å²) < 4.78 is 11.4. The van der Waals surface area contributed by atoms with E-state index in [1.165, 1.54) is 0 Å². The van der Waals surface area contributed by atoms with E-state index in [2.05, 4.69) is 10.6 Å². The monoisotopic (exact) mass is 250 g/mol. The van der Waals surface area contributed by atoms with E-state index in [0.29, 0.717) is 23.7 Å². The fourth-order valence-electron chi connectivity index (χ4n) is 1.72. The predicted molar refractivity (Wildman–Crippen MR) is 69.1 cm³/mol. The van der Waals surface area contributed by atoms with Crippen LogP contribution in [0.15, 0.2) is 18.2 Å². The molecule has 0 radical (unpaired) electrons. The number of benzene rings is 1. The zero-order valence-corrected chi connectivity index (χ0v) is 10.9. The zero-order chi connectivity index (χ0) is 13.2. The maximum atomic E-state index is 11.4. The summed E-state index contributed by atoms with van der Waals surface area (Å²) >= 11 is 0. The van der Waals surface area contributed by atoms with Gasteiger partial charge in [0.15, 0.2) is 11.5 Å². The Bertz CT molecular complexity index is 462. The molecule has 1 aromatic carbocycles. The van der Waals surface area contributed by atoms with Crippen molar-refractivity contribution in [1.29, 1.82) is 0 Å². The summed E-state index contributed by atoms with van der Waals surface area (Å²) in [5.74, 6) is 0.765. The van der Waals surface area contributed by atoms with Gasteiger partial charge in [-0.1, -0.05) is 6.92 Å². The molecule has 18 heavy (non-hydrogen) atoms. The SMILES string of the molecule is CCNC(=O)Nc1ccc2c(c1)OC(C)(CC)O2. The minimum atomic E-state index is -0.605. The normalized spacial score (nSPS) is 20.6. The number of fused-ring (bicyclic) bond motifs is 1. The van der Waals surface area contributed by atoms with Crippen molar-refractivity contribution in [1.82, 2.24) is 5.32 Å². The number of rotatable bonds is 3. The van der Waals surface area contributed by atoms with E-state index in [9.17, 15) is 4.79 Å². The van der Waals surface area contributed by atoms with Gasteiger partial charge < -0.3 is 20.1 Å². The van der Waals surface area contributed by atoms with E-state index in [1.54, 1.807) is 18.2 Å². The smallest absolute Gasteiger partial charge is 0.319 e. The molecule has 5 nitrogen and oxygen atoms in total. The second kappa shape index (κ2) is 4.76. The molecule has 98 valence electrons. The van der Waals surface area contributed by atoms with Gasteiger partial charge in [-0.2, -0.15) is 0 Å². The lowest BCUT2D eigenvalue weighted by Gasteiger charge is -2.20. The van der Waals surface area contributed by atoms with E-state index in [-0.39, 0.29) is 6.03 Å². The Labute approximate surface area is 106 Å². The summed E-state index contributed by atoms with van der Waals surface area (Å²) in [6.45, 7) is 6.35. The molecule has 2 amide bonds. The topological polar surface area (TPSA) is 59.6 Å². The second-order valence-electron chi connectivity index (χ2n) is 4.34. The third-order valence-corrected chi connectivity index (χ3v) is 2.83. The quantitative estimate of drug-likeness (QED) is 0.867. The van der Waals surface area contributed by atoms with Gasteiger partial charge in [-0.25, -0.2) is 4.79 Å². The second-order valence-corrected chi connectivity index (χ2v) is 4.34. The maximum absolute atomic E-state index is 11.4. The molecule has 2 N–H and O–H groups in total. The molecule has 0 spiro atoms. The van der Waals surface area contributed by atoms with Crippen molar-refractivity contribution >= 4 is 11.7 Å². The summed E-state index contributed by atoms with van der Waals surface area (Å²) in [5, 5.41) is 5.40. The van der Waals surface area contributed by atoms with E-state index in [0.717, 1.165) is 6.42 Å². The molecule has 0 fully saturated rings. The average molecular weight is 250 g/mol. The summed E-state index contributed by atoms with van der Waals surface area (Å²) in [5.41, 5.74) is 0.684. The molecule has 1 aliphatic rings. The first-order valence-corrected chi connectivity index (χ1v) is 6.13. The van der Waals surface area contributed by atoms with Crippen LogP contribution >= 0.6 is 0 Å². The van der Waals surface area contributed by atoms with Crippen molar-refractivity contribution in [2.75, 3.05) is 11.9 Å². The highest BCUT2D eigenvalue weighted by Crippen LogP contribution is 2.41. The first kappa shape index (κ1) is 12.5. The molecule has 0 aromatic heterocycles. The minimum absolute atomic E-state index is 0.227. The number of hydrogen-bond donors (Lipinski definition) is 2. The van der Waals surface area contributed by atoms with Gasteiger partial charge in [-0.05, 0) is 19.1 Å². The summed E-state index contributed by atoms with van der Waals surface area (Å²) in [6.07, 6.45) is 0.751. The molecular weight excluding hydrogens is 232 g/mol. The largest absolute Gasteiger partial charge is 0.449 e. The van der Waals surface area contributed by atoms with Crippen molar-refractivity contribution in [3.05, 3.63) is 18.2 Å². The Morgan fingerprint density at radius 1 is 1.28 bits per heavy atom. The predicted octanol–water partition coefficient (Wildman–Crippen LogP) is 2.73. The highest BCUT2D eigenvalue weighted by atomic mass is 16.7. The van der Waals surface area contributed by atoms with Gasteiger partial charge in [-0.15, -0.1) is 0 Å². The number of ether oxygens (including phenoxy) is 2. The molecular formula is C13H18N2O3. The molecule has 1 atom stereocenters.